The number of anilines is 2. The maximum Gasteiger partial charge on any atom is 0.321 e. The third-order valence-electron chi connectivity index (χ3n) is 4.29. The summed E-state index contributed by atoms with van der Waals surface area (Å²) in [6.45, 7) is 1.67. The predicted octanol–water partition coefficient (Wildman–Crippen LogP) is 2.86. The predicted molar refractivity (Wildman–Crippen MR) is 99.0 cm³/mol. The van der Waals surface area contributed by atoms with E-state index in [4.69, 9.17) is 0 Å². The van der Waals surface area contributed by atoms with E-state index < -0.39 is 9.85 Å². The monoisotopic (exact) mass is 371 g/mol. The summed E-state index contributed by atoms with van der Waals surface area (Å²) in [6.07, 6.45) is 0. The van der Waals surface area contributed by atoms with Gasteiger partial charge in [-0.3, -0.25) is 20.2 Å². The second kappa shape index (κ2) is 7.68. The number of nitrogens with zero attached hydrogens (tertiary/aromatic N) is 4. The molecule has 1 saturated heterocycles. The van der Waals surface area contributed by atoms with Crippen LogP contribution in [0.15, 0.2) is 48.5 Å². The molecule has 10 heteroatoms. The van der Waals surface area contributed by atoms with Gasteiger partial charge in [0.05, 0.1) is 9.85 Å². The van der Waals surface area contributed by atoms with Crippen LogP contribution in [0.3, 0.4) is 0 Å². The van der Waals surface area contributed by atoms with Crippen molar-refractivity contribution in [3.8, 4) is 0 Å². The van der Waals surface area contributed by atoms with Crippen LogP contribution in [0.2, 0.25) is 0 Å². The van der Waals surface area contributed by atoms with Crippen LogP contribution in [0.25, 0.3) is 0 Å². The number of carbonyl (C=O) groups excluding carboxylic acids is 1. The van der Waals surface area contributed by atoms with Gasteiger partial charge >= 0.3 is 6.03 Å². The van der Waals surface area contributed by atoms with Crippen LogP contribution in [0.5, 0.6) is 0 Å². The molecular weight excluding hydrogens is 354 g/mol. The molecule has 2 aromatic carbocycles. The lowest BCUT2D eigenvalue weighted by atomic mass is 10.2. The van der Waals surface area contributed by atoms with Crippen molar-refractivity contribution >= 4 is 28.8 Å². The standard InChI is InChI=1S/C17H17N5O5/c23-17(18-13-4-3-5-14(12-13)21(24)25)20-10-8-19(9-11-20)15-6-1-2-7-16(15)22(26)27/h1-7,12H,8-11H2,(H,18,23). The Bertz CT molecular complexity index is 880. The van der Waals surface area contributed by atoms with Gasteiger partial charge in [-0.1, -0.05) is 18.2 Å². The lowest BCUT2D eigenvalue weighted by molar-refractivity contribution is -0.384. The Morgan fingerprint density at radius 1 is 0.926 bits per heavy atom. The van der Waals surface area contributed by atoms with Crippen molar-refractivity contribution in [3.05, 3.63) is 68.8 Å². The number of nitro benzene ring substituents is 2. The summed E-state index contributed by atoms with van der Waals surface area (Å²) in [5.41, 5.74) is 0.803. The maximum absolute atomic E-state index is 12.4. The molecule has 3 rings (SSSR count). The minimum Gasteiger partial charge on any atom is -0.362 e. The fraction of sp³-hybridized carbons (Fsp3) is 0.235. The summed E-state index contributed by atoms with van der Waals surface area (Å²) in [5.74, 6) is 0. The Kier molecular flexibility index (Phi) is 5.15. The van der Waals surface area contributed by atoms with Gasteiger partial charge in [-0.2, -0.15) is 0 Å². The van der Waals surface area contributed by atoms with E-state index in [-0.39, 0.29) is 17.4 Å². The van der Waals surface area contributed by atoms with Gasteiger partial charge in [0.2, 0.25) is 0 Å². The number of nitro groups is 2. The molecule has 27 heavy (non-hydrogen) atoms. The van der Waals surface area contributed by atoms with E-state index in [9.17, 15) is 25.0 Å². The molecule has 1 fully saturated rings. The summed E-state index contributed by atoms with van der Waals surface area (Å²) >= 11 is 0. The van der Waals surface area contributed by atoms with Crippen LogP contribution < -0.4 is 10.2 Å². The first-order chi connectivity index (χ1) is 13.0. The highest BCUT2D eigenvalue weighted by Crippen LogP contribution is 2.28. The molecule has 10 nitrogen and oxygen atoms in total. The van der Waals surface area contributed by atoms with Crippen molar-refractivity contribution in [2.24, 2.45) is 0 Å². The van der Waals surface area contributed by atoms with E-state index in [1.54, 1.807) is 29.2 Å². The van der Waals surface area contributed by atoms with E-state index in [1.165, 1.54) is 24.3 Å². The molecule has 140 valence electrons. The van der Waals surface area contributed by atoms with Crippen molar-refractivity contribution in [2.75, 3.05) is 36.4 Å². The first-order valence-electron chi connectivity index (χ1n) is 8.24. The molecule has 2 aromatic rings. The van der Waals surface area contributed by atoms with Gasteiger partial charge in [-0.05, 0) is 12.1 Å². The normalized spacial score (nSPS) is 13.9. The highest BCUT2D eigenvalue weighted by Gasteiger charge is 2.25. The van der Waals surface area contributed by atoms with Crippen molar-refractivity contribution in [3.63, 3.8) is 0 Å². The molecule has 0 aromatic heterocycles. The van der Waals surface area contributed by atoms with Gasteiger partial charge in [0, 0.05) is 50.1 Å². The summed E-state index contributed by atoms with van der Waals surface area (Å²) in [6, 6.07) is 11.9. The lowest BCUT2D eigenvalue weighted by Crippen LogP contribution is -2.50. The summed E-state index contributed by atoms with van der Waals surface area (Å²) in [5, 5.41) is 24.6. The van der Waals surface area contributed by atoms with Crippen LogP contribution >= 0.6 is 0 Å². The molecular formula is C17H17N5O5. The Balaban J connectivity index is 1.62. The number of amides is 2. The molecule has 0 radical (unpaired) electrons. The molecule has 0 spiro atoms. The quantitative estimate of drug-likeness (QED) is 0.651. The molecule has 0 aliphatic carbocycles. The minimum atomic E-state index is -0.527. The minimum absolute atomic E-state index is 0.0343. The smallest absolute Gasteiger partial charge is 0.321 e. The van der Waals surface area contributed by atoms with Gasteiger partial charge in [0.1, 0.15) is 5.69 Å². The number of non-ortho nitro benzene ring substituents is 1. The number of carbonyl (C=O) groups is 1. The highest BCUT2D eigenvalue weighted by molar-refractivity contribution is 5.89. The van der Waals surface area contributed by atoms with Crippen LogP contribution in [0.4, 0.5) is 27.5 Å². The maximum atomic E-state index is 12.4. The third-order valence-corrected chi connectivity index (χ3v) is 4.29. The van der Waals surface area contributed by atoms with Gasteiger partial charge < -0.3 is 15.1 Å². The van der Waals surface area contributed by atoms with Gasteiger partial charge in [0.15, 0.2) is 0 Å². The molecule has 0 bridgehead atoms. The van der Waals surface area contributed by atoms with Crippen LogP contribution in [-0.2, 0) is 0 Å². The van der Waals surface area contributed by atoms with Crippen molar-refractivity contribution in [1.82, 2.24) is 4.90 Å². The summed E-state index contributed by atoms with van der Waals surface area (Å²) < 4.78 is 0. The third kappa shape index (κ3) is 4.11. The molecule has 1 N–H and O–H groups in total. The zero-order chi connectivity index (χ0) is 19.4. The number of piperazine rings is 1. The number of nitrogens with one attached hydrogen (secondary N) is 1. The average molecular weight is 371 g/mol. The lowest BCUT2D eigenvalue weighted by Gasteiger charge is -2.35. The van der Waals surface area contributed by atoms with Gasteiger partial charge in [-0.15, -0.1) is 0 Å². The van der Waals surface area contributed by atoms with Gasteiger partial charge in [-0.25, -0.2) is 4.79 Å². The fourth-order valence-corrected chi connectivity index (χ4v) is 2.94. The molecule has 0 saturated carbocycles. The van der Waals surface area contributed by atoms with E-state index >= 15 is 0 Å². The molecule has 1 heterocycles. The number of urea groups is 1. The van der Waals surface area contributed by atoms with Crippen LogP contribution in [-0.4, -0.2) is 47.0 Å². The van der Waals surface area contributed by atoms with Gasteiger partial charge in [0.25, 0.3) is 11.4 Å². The summed E-state index contributed by atoms with van der Waals surface area (Å²) in [4.78, 5) is 36.9. The average Bonchev–Trinajstić information content (AvgIpc) is 2.68. The topological polar surface area (TPSA) is 122 Å². The Morgan fingerprint density at radius 3 is 2.30 bits per heavy atom. The number of hydrogen-bond donors (Lipinski definition) is 1. The largest absolute Gasteiger partial charge is 0.362 e. The Morgan fingerprint density at radius 2 is 1.63 bits per heavy atom. The van der Waals surface area contributed by atoms with Crippen molar-refractivity contribution in [2.45, 2.75) is 0 Å². The number of para-hydroxylation sites is 2. The Hall–Kier alpha value is -3.69. The Labute approximate surface area is 154 Å². The molecule has 0 unspecified atom stereocenters. The van der Waals surface area contributed by atoms with E-state index in [2.05, 4.69) is 5.32 Å². The van der Waals surface area contributed by atoms with Crippen LogP contribution in [0, 0.1) is 20.2 Å². The second-order valence-corrected chi connectivity index (χ2v) is 5.96. The number of rotatable bonds is 4. The first-order valence-corrected chi connectivity index (χ1v) is 8.24. The fourth-order valence-electron chi connectivity index (χ4n) is 2.94. The van der Waals surface area contributed by atoms with E-state index in [1.807, 2.05) is 4.90 Å². The molecule has 1 aliphatic heterocycles. The summed E-state index contributed by atoms with van der Waals surface area (Å²) in [7, 11) is 0. The number of benzene rings is 2. The second-order valence-electron chi connectivity index (χ2n) is 5.96. The highest BCUT2D eigenvalue weighted by atomic mass is 16.6. The zero-order valence-electron chi connectivity index (χ0n) is 14.3. The molecule has 2 amide bonds. The van der Waals surface area contributed by atoms with E-state index in [0.717, 1.165) is 0 Å². The first kappa shape index (κ1) is 18.1. The molecule has 0 atom stereocenters. The van der Waals surface area contributed by atoms with Crippen molar-refractivity contribution < 1.29 is 14.6 Å². The zero-order valence-corrected chi connectivity index (χ0v) is 14.3. The SMILES string of the molecule is O=C(Nc1cccc([N+](=O)[O-])c1)N1CCN(c2ccccc2[N+](=O)[O-])CC1. The van der Waals surface area contributed by atoms with Crippen LogP contribution in [0.1, 0.15) is 0 Å². The number of hydrogen-bond acceptors (Lipinski definition) is 6. The van der Waals surface area contributed by atoms with E-state index in [0.29, 0.717) is 37.6 Å². The molecule has 1 aliphatic rings. The van der Waals surface area contributed by atoms with Crippen molar-refractivity contribution in [1.29, 1.82) is 0 Å².